The van der Waals surface area contributed by atoms with E-state index in [1.807, 2.05) is 24.3 Å². The molecule has 25 heavy (non-hydrogen) atoms. The fourth-order valence-electron chi connectivity index (χ4n) is 3.50. The van der Waals surface area contributed by atoms with Gasteiger partial charge >= 0.3 is 0 Å². The van der Waals surface area contributed by atoms with Crippen molar-refractivity contribution in [2.45, 2.75) is 32.5 Å². The lowest BCUT2D eigenvalue weighted by Gasteiger charge is -2.40. The minimum atomic E-state index is -0.0539. The highest BCUT2D eigenvalue weighted by atomic mass is 79.9. The molecule has 2 atom stereocenters. The van der Waals surface area contributed by atoms with Gasteiger partial charge in [0, 0.05) is 27.9 Å². The van der Waals surface area contributed by atoms with Gasteiger partial charge in [-0.1, -0.05) is 41.9 Å². The minimum absolute atomic E-state index is 0.0539. The van der Waals surface area contributed by atoms with Crippen LogP contribution in [0.25, 0.3) is 0 Å². The van der Waals surface area contributed by atoms with E-state index in [0.29, 0.717) is 5.92 Å². The average Bonchev–Trinajstić information content (AvgIpc) is 3.06. The van der Waals surface area contributed by atoms with Crippen LogP contribution in [0.2, 0.25) is 0 Å². The van der Waals surface area contributed by atoms with E-state index in [0.717, 1.165) is 33.7 Å². The molecular weight excluding hydrogens is 380 g/mol. The molecule has 2 aromatic carbocycles. The summed E-state index contributed by atoms with van der Waals surface area (Å²) in [5, 5.41) is 7.07. The van der Waals surface area contributed by atoms with Crippen molar-refractivity contribution in [3.8, 4) is 11.5 Å². The van der Waals surface area contributed by atoms with Crippen LogP contribution in [0.3, 0.4) is 0 Å². The molecule has 4 rings (SSSR count). The highest BCUT2D eigenvalue weighted by Gasteiger charge is 2.41. The fraction of sp³-hybridized carbons (Fsp3) is 0.350. The van der Waals surface area contributed by atoms with Crippen molar-refractivity contribution < 1.29 is 9.47 Å². The van der Waals surface area contributed by atoms with E-state index in [4.69, 9.17) is 14.6 Å². The molecule has 2 aliphatic heterocycles. The van der Waals surface area contributed by atoms with Crippen molar-refractivity contribution in [1.82, 2.24) is 5.01 Å². The molecule has 0 spiro atoms. The van der Waals surface area contributed by atoms with Crippen LogP contribution >= 0.6 is 15.9 Å². The Balaban J connectivity index is 1.75. The summed E-state index contributed by atoms with van der Waals surface area (Å²) in [5.41, 5.74) is 3.37. The number of halogens is 1. The van der Waals surface area contributed by atoms with Crippen molar-refractivity contribution in [2.75, 3.05) is 7.11 Å². The lowest BCUT2D eigenvalue weighted by molar-refractivity contribution is -0.0461. The van der Waals surface area contributed by atoms with Gasteiger partial charge in [-0.2, -0.15) is 5.10 Å². The van der Waals surface area contributed by atoms with Gasteiger partial charge in [0.05, 0.1) is 18.9 Å². The summed E-state index contributed by atoms with van der Waals surface area (Å²) >= 11 is 3.58. The van der Waals surface area contributed by atoms with Crippen LogP contribution in [0.15, 0.2) is 52.0 Å². The van der Waals surface area contributed by atoms with Crippen LogP contribution in [-0.4, -0.2) is 24.1 Å². The molecule has 0 saturated carbocycles. The number of hydrogen-bond acceptors (Lipinski definition) is 4. The number of hydrogen-bond donors (Lipinski definition) is 0. The predicted molar refractivity (Wildman–Crippen MR) is 102 cm³/mol. The third-order valence-corrected chi connectivity index (χ3v) is 5.25. The summed E-state index contributed by atoms with van der Waals surface area (Å²) in [5.74, 6) is 2.16. The minimum Gasteiger partial charge on any atom is -0.497 e. The molecule has 0 aliphatic carbocycles. The molecule has 2 aliphatic rings. The molecule has 4 nitrogen and oxygen atoms in total. The van der Waals surface area contributed by atoms with Crippen LogP contribution < -0.4 is 9.47 Å². The van der Waals surface area contributed by atoms with Crippen LogP contribution in [0.4, 0.5) is 0 Å². The number of nitrogens with zero attached hydrogens (tertiary/aromatic N) is 2. The maximum atomic E-state index is 6.26. The molecule has 130 valence electrons. The Morgan fingerprint density at radius 2 is 2.08 bits per heavy atom. The highest BCUT2D eigenvalue weighted by molar-refractivity contribution is 9.10. The maximum Gasteiger partial charge on any atom is 0.190 e. The van der Waals surface area contributed by atoms with Crippen LogP contribution in [0.1, 0.15) is 37.4 Å². The van der Waals surface area contributed by atoms with Gasteiger partial charge in [-0.3, -0.25) is 0 Å². The van der Waals surface area contributed by atoms with Crippen LogP contribution in [-0.2, 0) is 0 Å². The Morgan fingerprint density at radius 1 is 1.24 bits per heavy atom. The number of rotatable bonds is 3. The van der Waals surface area contributed by atoms with Crippen LogP contribution in [0, 0.1) is 5.92 Å². The Kier molecular flexibility index (Phi) is 4.20. The topological polar surface area (TPSA) is 34.1 Å². The summed E-state index contributed by atoms with van der Waals surface area (Å²) in [7, 11) is 1.69. The van der Waals surface area contributed by atoms with Crippen molar-refractivity contribution in [1.29, 1.82) is 0 Å². The smallest absolute Gasteiger partial charge is 0.190 e. The third-order valence-electron chi connectivity index (χ3n) is 4.75. The molecule has 2 aromatic rings. The zero-order chi connectivity index (χ0) is 17.6. The second kappa shape index (κ2) is 6.37. The lowest BCUT2D eigenvalue weighted by atomic mass is 9.95. The first kappa shape index (κ1) is 16.5. The van der Waals surface area contributed by atoms with Gasteiger partial charge in [-0.25, -0.2) is 5.01 Å². The highest BCUT2D eigenvalue weighted by Crippen LogP contribution is 2.45. The van der Waals surface area contributed by atoms with E-state index in [9.17, 15) is 0 Å². The second-order valence-electron chi connectivity index (χ2n) is 6.81. The Bertz CT molecular complexity index is 834. The van der Waals surface area contributed by atoms with Crippen molar-refractivity contribution in [3.63, 3.8) is 0 Å². The van der Waals surface area contributed by atoms with Gasteiger partial charge in [-0.15, -0.1) is 0 Å². The molecule has 0 amide bonds. The van der Waals surface area contributed by atoms with Gasteiger partial charge in [0.1, 0.15) is 11.5 Å². The Hall–Kier alpha value is -2.01. The van der Waals surface area contributed by atoms with Crippen molar-refractivity contribution in [3.05, 3.63) is 58.1 Å². The quantitative estimate of drug-likeness (QED) is 0.727. The number of ether oxygens (including phenoxy) is 2. The summed E-state index contributed by atoms with van der Waals surface area (Å²) in [6.07, 6.45) is 0.810. The van der Waals surface area contributed by atoms with Gasteiger partial charge in [0.2, 0.25) is 0 Å². The summed E-state index contributed by atoms with van der Waals surface area (Å²) in [4.78, 5) is 0. The zero-order valence-electron chi connectivity index (χ0n) is 14.6. The lowest BCUT2D eigenvalue weighted by Crippen LogP contribution is -2.43. The Labute approximate surface area is 156 Å². The van der Waals surface area contributed by atoms with E-state index >= 15 is 0 Å². The molecule has 0 saturated heterocycles. The van der Waals surface area contributed by atoms with Gasteiger partial charge in [0.25, 0.3) is 0 Å². The molecule has 0 aromatic heterocycles. The molecule has 2 heterocycles. The van der Waals surface area contributed by atoms with E-state index in [2.05, 4.69) is 53.0 Å². The number of hydrazone groups is 1. The largest absolute Gasteiger partial charge is 0.497 e. The van der Waals surface area contributed by atoms with Gasteiger partial charge in [-0.05, 0) is 30.3 Å². The summed E-state index contributed by atoms with van der Waals surface area (Å²) in [6.45, 7) is 4.34. The number of methoxy groups -OCH3 is 1. The number of benzene rings is 2. The first-order valence-electron chi connectivity index (χ1n) is 8.53. The SMILES string of the molecule is COc1cccc(C2=NN3[C@H](C2)c2cc(Br)ccc2O[C@H]3C(C)C)c1. The average molecular weight is 401 g/mol. The van der Waals surface area contributed by atoms with Crippen molar-refractivity contribution in [2.24, 2.45) is 11.0 Å². The molecular formula is C20H21BrN2O2. The standard InChI is InChI=1S/C20H21BrN2O2/c1-12(2)20-23-18(16-10-14(21)7-8-19(16)25-20)11-17(22-23)13-5-4-6-15(9-13)24-3/h4-10,12,18,20H,11H2,1-3H3/t18-,20+/m1/s1. The molecule has 0 bridgehead atoms. The molecule has 0 radical (unpaired) electrons. The van der Waals surface area contributed by atoms with E-state index in [1.165, 1.54) is 5.56 Å². The molecule has 0 N–H and O–H groups in total. The predicted octanol–water partition coefficient (Wildman–Crippen LogP) is 4.98. The zero-order valence-corrected chi connectivity index (χ0v) is 16.2. The van der Waals surface area contributed by atoms with E-state index in [-0.39, 0.29) is 12.3 Å². The van der Waals surface area contributed by atoms with E-state index in [1.54, 1.807) is 7.11 Å². The second-order valence-corrected chi connectivity index (χ2v) is 7.73. The first-order valence-corrected chi connectivity index (χ1v) is 9.32. The van der Waals surface area contributed by atoms with Gasteiger partial charge < -0.3 is 9.47 Å². The maximum absolute atomic E-state index is 6.26. The fourth-order valence-corrected chi connectivity index (χ4v) is 3.88. The summed E-state index contributed by atoms with van der Waals surface area (Å²) < 4.78 is 12.7. The normalized spacial score (nSPS) is 21.5. The monoisotopic (exact) mass is 400 g/mol. The third kappa shape index (κ3) is 2.91. The summed E-state index contributed by atoms with van der Waals surface area (Å²) in [6, 6.07) is 14.5. The molecule has 5 heteroatoms. The first-order chi connectivity index (χ1) is 12.1. The van der Waals surface area contributed by atoms with Gasteiger partial charge in [0.15, 0.2) is 6.23 Å². The van der Waals surface area contributed by atoms with Crippen LogP contribution in [0.5, 0.6) is 11.5 Å². The molecule has 0 unspecified atom stereocenters. The Morgan fingerprint density at radius 3 is 2.84 bits per heavy atom. The molecule has 0 fully saturated rings. The number of fused-ring (bicyclic) bond motifs is 3. The van der Waals surface area contributed by atoms with Crippen molar-refractivity contribution >= 4 is 21.6 Å². The van der Waals surface area contributed by atoms with E-state index < -0.39 is 0 Å².